The molecule has 3 heterocycles. The normalized spacial score (nSPS) is 17.0. The molecule has 3 atom stereocenters. The summed E-state index contributed by atoms with van der Waals surface area (Å²) in [6.07, 6.45) is -0.459. The highest BCUT2D eigenvalue weighted by atomic mass is 16.6. The van der Waals surface area contributed by atoms with Crippen LogP contribution >= 0.6 is 0 Å². The van der Waals surface area contributed by atoms with Gasteiger partial charge in [0, 0.05) is 13.0 Å². The Kier molecular flexibility index (Phi) is 10.1. The van der Waals surface area contributed by atoms with Gasteiger partial charge in [0.15, 0.2) is 11.2 Å². The van der Waals surface area contributed by atoms with Crippen LogP contribution in [0, 0.1) is 0 Å². The van der Waals surface area contributed by atoms with Crippen molar-refractivity contribution < 1.29 is 24.1 Å². The lowest BCUT2D eigenvalue weighted by Gasteiger charge is -2.37. The van der Waals surface area contributed by atoms with Crippen LogP contribution in [-0.2, 0) is 21.6 Å². The van der Waals surface area contributed by atoms with Gasteiger partial charge in [-0.15, -0.1) is 0 Å². The van der Waals surface area contributed by atoms with Crippen molar-refractivity contribution in [1.29, 1.82) is 0 Å². The van der Waals surface area contributed by atoms with Crippen LogP contribution < -0.4 is 20.3 Å². The molecule has 1 fully saturated rings. The SMILES string of the molecule is COc1ccc(C(OC[C@H]2O[C@@H](n3cnc4c(=O)[nH]c(NCc5cccc(-c6ccccc6)c5)nc43)C[C@@H]2O)(c2ccccc2)c2ccc(OC)cc2)cc1. The highest BCUT2D eigenvalue weighted by molar-refractivity contribution is 5.71. The maximum absolute atomic E-state index is 13.2. The van der Waals surface area contributed by atoms with Crippen molar-refractivity contribution in [3.8, 4) is 22.6 Å². The molecule has 0 spiro atoms. The maximum Gasteiger partial charge on any atom is 0.280 e. The van der Waals surface area contributed by atoms with Gasteiger partial charge >= 0.3 is 0 Å². The van der Waals surface area contributed by atoms with E-state index in [0.29, 0.717) is 29.6 Å². The van der Waals surface area contributed by atoms with E-state index in [4.69, 9.17) is 23.9 Å². The van der Waals surface area contributed by atoms with Crippen molar-refractivity contribution >= 4 is 17.1 Å². The van der Waals surface area contributed by atoms with Crippen molar-refractivity contribution in [2.75, 3.05) is 26.1 Å². The van der Waals surface area contributed by atoms with Crippen LogP contribution in [0.3, 0.4) is 0 Å². The molecule has 5 aromatic carbocycles. The van der Waals surface area contributed by atoms with Gasteiger partial charge in [0.2, 0.25) is 5.95 Å². The Morgan fingerprint density at radius 2 is 1.44 bits per heavy atom. The van der Waals surface area contributed by atoms with Crippen molar-refractivity contribution in [3.63, 3.8) is 0 Å². The molecule has 1 aliphatic rings. The molecule has 2 aromatic heterocycles. The first-order chi connectivity index (χ1) is 26.9. The van der Waals surface area contributed by atoms with Gasteiger partial charge in [0.05, 0.1) is 33.3 Å². The number of nitrogens with one attached hydrogen (secondary N) is 2. The number of imidazole rings is 1. The summed E-state index contributed by atoms with van der Waals surface area (Å²) < 4.78 is 26.2. The van der Waals surface area contributed by atoms with E-state index in [1.54, 1.807) is 18.8 Å². The van der Waals surface area contributed by atoms with Gasteiger partial charge in [-0.2, -0.15) is 4.98 Å². The fraction of sp³-hybridized carbons (Fsp3) is 0.205. The molecule has 0 bridgehead atoms. The highest BCUT2D eigenvalue weighted by Gasteiger charge is 2.42. The number of aliphatic hydroxyl groups excluding tert-OH is 1. The lowest BCUT2D eigenvalue weighted by atomic mass is 9.80. The number of aromatic nitrogens is 4. The fourth-order valence-electron chi connectivity index (χ4n) is 7.22. The zero-order valence-electron chi connectivity index (χ0n) is 30.5. The molecule has 11 nitrogen and oxygen atoms in total. The van der Waals surface area contributed by atoms with Crippen molar-refractivity contribution in [2.24, 2.45) is 0 Å². The van der Waals surface area contributed by atoms with Crippen LogP contribution in [0.25, 0.3) is 22.3 Å². The van der Waals surface area contributed by atoms with Crippen LogP contribution in [0.5, 0.6) is 11.5 Å². The van der Waals surface area contributed by atoms with E-state index in [0.717, 1.165) is 33.4 Å². The molecule has 1 aliphatic heterocycles. The predicted molar refractivity (Wildman–Crippen MR) is 210 cm³/mol. The lowest BCUT2D eigenvalue weighted by molar-refractivity contribution is -0.0931. The lowest BCUT2D eigenvalue weighted by Crippen LogP contribution is -2.38. The molecule has 0 unspecified atom stereocenters. The summed E-state index contributed by atoms with van der Waals surface area (Å²) in [5, 5.41) is 14.7. The second-order valence-electron chi connectivity index (χ2n) is 13.4. The minimum absolute atomic E-state index is 0.0418. The summed E-state index contributed by atoms with van der Waals surface area (Å²) in [6.45, 7) is 0.479. The number of H-pyrrole nitrogens is 1. The summed E-state index contributed by atoms with van der Waals surface area (Å²) in [5.74, 6) is 1.73. The molecular weight excluding hydrogens is 695 g/mol. The largest absolute Gasteiger partial charge is 0.497 e. The fourth-order valence-corrected chi connectivity index (χ4v) is 7.22. The number of benzene rings is 5. The summed E-state index contributed by atoms with van der Waals surface area (Å²) in [6, 6.07) is 43.9. The number of anilines is 1. The third kappa shape index (κ3) is 7.20. The minimum atomic E-state index is -1.08. The molecule has 0 saturated carbocycles. The van der Waals surface area contributed by atoms with Gasteiger partial charge in [0.1, 0.15) is 29.4 Å². The number of hydrogen-bond donors (Lipinski definition) is 3. The number of fused-ring (bicyclic) bond motifs is 1. The Balaban J connectivity index is 1.05. The van der Waals surface area contributed by atoms with E-state index in [2.05, 4.69) is 39.6 Å². The van der Waals surface area contributed by atoms with E-state index in [9.17, 15) is 9.90 Å². The van der Waals surface area contributed by atoms with E-state index < -0.39 is 24.0 Å². The third-order valence-corrected chi connectivity index (χ3v) is 10.1. The van der Waals surface area contributed by atoms with E-state index >= 15 is 0 Å². The molecule has 0 aliphatic carbocycles. The quantitative estimate of drug-likeness (QED) is 0.106. The Hall–Kier alpha value is -6.27. The maximum atomic E-state index is 13.2. The summed E-state index contributed by atoms with van der Waals surface area (Å²) in [5.41, 5.74) is 4.93. The average Bonchev–Trinajstić information content (AvgIpc) is 3.84. The number of rotatable bonds is 13. The molecule has 1 saturated heterocycles. The van der Waals surface area contributed by atoms with Gasteiger partial charge < -0.3 is 29.4 Å². The van der Waals surface area contributed by atoms with Gasteiger partial charge in [-0.25, -0.2) is 4.98 Å². The molecule has 3 N–H and O–H groups in total. The van der Waals surface area contributed by atoms with Gasteiger partial charge in [-0.05, 0) is 63.7 Å². The number of hydrogen-bond acceptors (Lipinski definition) is 9. The van der Waals surface area contributed by atoms with Crippen molar-refractivity contribution in [2.45, 2.75) is 37.0 Å². The monoisotopic (exact) mass is 735 g/mol. The van der Waals surface area contributed by atoms with Gasteiger partial charge in [0.25, 0.3) is 5.56 Å². The molecule has 11 heteroatoms. The molecule has 7 aromatic rings. The molecular formula is C44H41N5O6. The molecule has 278 valence electrons. The first-order valence-corrected chi connectivity index (χ1v) is 18.1. The summed E-state index contributed by atoms with van der Waals surface area (Å²) in [7, 11) is 3.26. The molecule has 0 radical (unpaired) electrons. The van der Waals surface area contributed by atoms with Gasteiger partial charge in [-0.1, -0.05) is 103 Å². The predicted octanol–water partition coefficient (Wildman–Crippen LogP) is 7.07. The highest BCUT2D eigenvalue weighted by Crippen LogP contribution is 2.43. The smallest absolute Gasteiger partial charge is 0.280 e. The Bertz CT molecular complexity index is 2370. The Labute approximate surface area is 318 Å². The van der Waals surface area contributed by atoms with Crippen LogP contribution in [-0.4, -0.2) is 57.7 Å². The number of methoxy groups -OCH3 is 2. The number of aliphatic hydroxyl groups is 1. The van der Waals surface area contributed by atoms with E-state index in [1.807, 2.05) is 109 Å². The minimum Gasteiger partial charge on any atom is -0.497 e. The zero-order valence-corrected chi connectivity index (χ0v) is 30.5. The van der Waals surface area contributed by atoms with Crippen molar-refractivity contribution in [3.05, 3.63) is 172 Å². The first kappa shape index (κ1) is 35.7. The van der Waals surface area contributed by atoms with Crippen molar-refractivity contribution in [1.82, 2.24) is 19.5 Å². The first-order valence-electron chi connectivity index (χ1n) is 18.1. The van der Waals surface area contributed by atoms with E-state index in [-0.39, 0.29) is 24.1 Å². The average molecular weight is 736 g/mol. The van der Waals surface area contributed by atoms with Crippen LogP contribution in [0.1, 0.15) is 34.9 Å². The van der Waals surface area contributed by atoms with E-state index in [1.165, 1.54) is 6.33 Å². The third-order valence-electron chi connectivity index (χ3n) is 10.1. The standard InChI is InChI=1S/C44H41N5O6/c1-52-35-20-16-33(17-21-35)44(32-14-7-4-8-15-32,34-18-22-36(53-2)23-19-34)54-27-38-37(50)25-39(55-38)49-28-46-40-41(49)47-43(48-42(40)51)45-26-29-10-9-13-31(24-29)30-11-5-3-6-12-30/h3-24,28,37-39,50H,25-27H2,1-2H3,(H2,45,47,48,51)/t37-,38+,39+/m0/s1. The summed E-state index contributed by atoms with van der Waals surface area (Å²) in [4.78, 5) is 25.1. The number of nitrogens with zero attached hydrogens (tertiary/aromatic N) is 3. The molecule has 0 amide bonds. The second-order valence-corrected chi connectivity index (χ2v) is 13.4. The molecule has 55 heavy (non-hydrogen) atoms. The van der Waals surface area contributed by atoms with Crippen LogP contribution in [0.15, 0.2) is 145 Å². The summed E-state index contributed by atoms with van der Waals surface area (Å²) >= 11 is 0. The van der Waals surface area contributed by atoms with Crippen LogP contribution in [0.2, 0.25) is 0 Å². The Morgan fingerprint density at radius 3 is 2.09 bits per heavy atom. The number of aromatic amines is 1. The Morgan fingerprint density at radius 1 is 0.818 bits per heavy atom. The zero-order chi connectivity index (χ0) is 37.8. The number of ether oxygens (including phenoxy) is 4. The topological polar surface area (TPSA) is 133 Å². The van der Waals surface area contributed by atoms with Crippen LogP contribution in [0.4, 0.5) is 5.95 Å². The van der Waals surface area contributed by atoms with Gasteiger partial charge in [-0.3, -0.25) is 14.3 Å². The molecule has 8 rings (SSSR count). The second kappa shape index (κ2) is 15.6.